The third-order valence-electron chi connectivity index (χ3n) is 5.51. The van der Waals surface area contributed by atoms with Crippen LogP contribution >= 0.6 is 11.3 Å². The topological polar surface area (TPSA) is 42.9 Å². The maximum atomic E-state index is 4.86. The molecule has 29 heavy (non-hydrogen) atoms. The summed E-state index contributed by atoms with van der Waals surface area (Å²) in [7, 11) is 0. The lowest BCUT2D eigenvalue weighted by Gasteiger charge is -2.33. The van der Waals surface area contributed by atoms with Crippen LogP contribution in [0.2, 0.25) is 0 Å². The van der Waals surface area contributed by atoms with Crippen molar-refractivity contribution in [3.05, 3.63) is 59.5 Å². The van der Waals surface area contributed by atoms with Crippen LogP contribution in [0.15, 0.2) is 58.9 Å². The first-order valence-electron chi connectivity index (χ1n) is 10.6. The molecule has 2 N–H and O–H groups in total. The molecule has 0 spiro atoms. The molecule has 0 atom stereocenters. The fourth-order valence-electron chi connectivity index (χ4n) is 3.92. The van der Waals surface area contributed by atoms with E-state index in [0.29, 0.717) is 12.6 Å². The van der Waals surface area contributed by atoms with Gasteiger partial charge in [0.05, 0.1) is 11.5 Å². The Morgan fingerprint density at radius 3 is 2.66 bits per heavy atom. The lowest BCUT2D eigenvalue weighted by atomic mass is 10.1. The summed E-state index contributed by atoms with van der Waals surface area (Å²) in [6, 6.07) is 13.6. The van der Waals surface area contributed by atoms with Gasteiger partial charge in [-0.1, -0.05) is 24.3 Å². The maximum absolute atomic E-state index is 4.86. The Labute approximate surface area is 178 Å². The molecule has 3 heterocycles. The number of aliphatic imine (C=N–C) groups is 1. The van der Waals surface area contributed by atoms with E-state index in [1.165, 1.54) is 16.3 Å². The maximum Gasteiger partial charge on any atom is 0.191 e. The minimum atomic E-state index is 0.478. The van der Waals surface area contributed by atoms with Gasteiger partial charge in [0.25, 0.3) is 0 Å². The van der Waals surface area contributed by atoms with Crippen molar-refractivity contribution < 1.29 is 0 Å². The Balaban J connectivity index is 1.33. The first kappa shape index (κ1) is 19.8. The van der Waals surface area contributed by atoms with E-state index in [1.54, 1.807) is 0 Å². The van der Waals surface area contributed by atoms with Crippen molar-refractivity contribution in [3.63, 3.8) is 0 Å². The average Bonchev–Trinajstić information content (AvgIpc) is 3.47. The summed E-state index contributed by atoms with van der Waals surface area (Å²) < 4.78 is 0. The van der Waals surface area contributed by atoms with Gasteiger partial charge in [-0.3, -0.25) is 0 Å². The minimum absolute atomic E-state index is 0.478. The quantitative estimate of drug-likeness (QED) is 0.432. The number of benzene rings is 1. The van der Waals surface area contributed by atoms with Gasteiger partial charge in [-0.05, 0) is 55.0 Å². The van der Waals surface area contributed by atoms with Gasteiger partial charge < -0.3 is 20.4 Å². The fraction of sp³-hybridized carbons (Fsp3) is 0.435. The van der Waals surface area contributed by atoms with E-state index in [0.717, 1.165) is 51.5 Å². The normalized spacial score (nSPS) is 17.8. The van der Waals surface area contributed by atoms with Crippen molar-refractivity contribution in [2.45, 2.75) is 32.4 Å². The molecule has 0 unspecified atom stereocenters. The summed E-state index contributed by atoms with van der Waals surface area (Å²) in [4.78, 5) is 9.73. The lowest BCUT2D eigenvalue weighted by Crippen LogP contribution is -2.48. The Kier molecular flexibility index (Phi) is 6.72. The van der Waals surface area contributed by atoms with Crippen LogP contribution in [0.3, 0.4) is 0 Å². The van der Waals surface area contributed by atoms with Crippen LogP contribution in [0.4, 0.5) is 10.7 Å². The van der Waals surface area contributed by atoms with Crippen molar-refractivity contribution in [1.82, 2.24) is 10.6 Å². The summed E-state index contributed by atoms with van der Waals surface area (Å²) >= 11 is 1.83. The summed E-state index contributed by atoms with van der Waals surface area (Å²) in [5.74, 6) is 0.926. The van der Waals surface area contributed by atoms with Gasteiger partial charge in [-0.2, -0.15) is 0 Å². The number of hydrogen-bond donors (Lipinski definition) is 2. The van der Waals surface area contributed by atoms with E-state index in [4.69, 9.17) is 4.99 Å². The number of nitrogens with zero attached hydrogens (tertiary/aromatic N) is 3. The van der Waals surface area contributed by atoms with Gasteiger partial charge in [0.2, 0.25) is 0 Å². The molecule has 1 aromatic heterocycles. The van der Waals surface area contributed by atoms with E-state index in [1.807, 2.05) is 11.3 Å². The first-order valence-corrected chi connectivity index (χ1v) is 11.5. The second-order valence-corrected chi connectivity index (χ2v) is 8.52. The number of nitrogens with one attached hydrogen (secondary N) is 2. The molecule has 5 nitrogen and oxygen atoms in total. The van der Waals surface area contributed by atoms with Crippen LogP contribution in [-0.4, -0.2) is 44.7 Å². The summed E-state index contributed by atoms with van der Waals surface area (Å²) in [5, 5.41) is 10.6. The third kappa shape index (κ3) is 5.32. The zero-order chi connectivity index (χ0) is 19.9. The fourth-order valence-corrected chi connectivity index (χ4v) is 4.70. The Bertz CT molecular complexity index is 814. The van der Waals surface area contributed by atoms with Gasteiger partial charge in [0.1, 0.15) is 0 Å². The van der Waals surface area contributed by atoms with Crippen LogP contribution in [0.25, 0.3) is 0 Å². The molecule has 1 aromatic carbocycles. The molecule has 2 aliphatic rings. The number of rotatable bonds is 6. The molecular formula is C23H31N5S. The number of hydrogen-bond acceptors (Lipinski definition) is 4. The van der Waals surface area contributed by atoms with Crippen LogP contribution in [0, 0.1) is 0 Å². The SMILES string of the molecule is CCNC(=NCc1cccc(N2CC=CC2)c1)NC1CCN(c2cccs2)CC1. The number of guanidine groups is 1. The van der Waals surface area contributed by atoms with Gasteiger partial charge in [-0.25, -0.2) is 4.99 Å². The highest BCUT2D eigenvalue weighted by Gasteiger charge is 2.20. The molecule has 6 heteroatoms. The van der Waals surface area contributed by atoms with E-state index >= 15 is 0 Å². The van der Waals surface area contributed by atoms with Crippen LogP contribution < -0.4 is 20.4 Å². The predicted octanol–water partition coefficient (Wildman–Crippen LogP) is 3.85. The first-order chi connectivity index (χ1) is 14.3. The molecule has 4 rings (SSSR count). The molecule has 1 fully saturated rings. The largest absolute Gasteiger partial charge is 0.364 e. The molecule has 0 amide bonds. The molecule has 154 valence electrons. The number of anilines is 2. The van der Waals surface area contributed by atoms with Crippen molar-refractivity contribution >= 4 is 28.0 Å². The van der Waals surface area contributed by atoms with E-state index < -0.39 is 0 Å². The van der Waals surface area contributed by atoms with Gasteiger partial charge in [0, 0.05) is 44.5 Å². The molecule has 0 aliphatic carbocycles. The standard InChI is InChI=1S/C23H31N5S/c1-2-24-23(26-20-10-14-28(15-11-20)22-9-6-16-29-22)25-18-19-7-5-8-21(17-19)27-12-3-4-13-27/h3-9,16-17,20H,2,10-15,18H2,1H3,(H2,24,25,26). The second kappa shape index (κ2) is 9.83. The van der Waals surface area contributed by atoms with Crippen molar-refractivity contribution in [2.75, 3.05) is 42.5 Å². The Hall–Kier alpha value is -2.47. The summed E-state index contributed by atoms with van der Waals surface area (Å²) in [6.07, 6.45) is 6.73. The summed E-state index contributed by atoms with van der Waals surface area (Å²) in [6.45, 7) is 7.89. The van der Waals surface area contributed by atoms with Gasteiger partial charge in [-0.15, -0.1) is 11.3 Å². The minimum Gasteiger partial charge on any atom is -0.364 e. The Morgan fingerprint density at radius 2 is 1.93 bits per heavy atom. The van der Waals surface area contributed by atoms with Crippen molar-refractivity contribution in [1.29, 1.82) is 0 Å². The average molecular weight is 410 g/mol. The van der Waals surface area contributed by atoms with E-state index in [-0.39, 0.29) is 0 Å². The highest BCUT2D eigenvalue weighted by Crippen LogP contribution is 2.25. The van der Waals surface area contributed by atoms with Crippen LogP contribution in [0.5, 0.6) is 0 Å². The van der Waals surface area contributed by atoms with Crippen molar-refractivity contribution in [3.8, 4) is 0 Å². The van der Waals surface area contributed by atoms with Crippen LogP contribution in [-0.2, 0) is 6.54 Å². The monoisotopic (exact) mass is 409 g/mol. The number of piperidine rings is 1. The van der Waals surface area contributed by atoms with Crippen molar-refractivity contribution in [2.24, 2.45) is 4.99 Å². The van der Waals surface area contributed by atoms with Gasteiger partial charge >= 0.3 is 0 Å². The highest BCUT2D eigenvalue weighted by atomic mass is 32.1. The molecule has 0 saturated carbocycles. The third-order valence-corrected chi connectivity index (χ3v) is 6.44. The van der Waals surface area contributed by atoms with E-state index in [9.17, 15) is 0 Å². The number of thiophene rings is 1. The van der Waals surface area contributed by atoms with Gasteiger partial charge in [0.15, 0.2) is 5.96 Å². The van der Waals surface area contributed by atoms with Crippen LogP contribution in [0.1, 0.15) is 25.3 Å². The molecule has 1 saturated heterocycles. The molecule has 0 radical (unpaired) electrons. The zero-order valence-electron chi connectivity index (χ0n) is 17.2. The highest BCUT2D eigenvalue weighted by molar-refractivity contribution is 7.14. The predicted molar refractivity (Wildman–Crippen MR) is 125 cm³/mol. The molecular weight excluding hydrogens is 378 g/mol. The smallest absolute Gasteiger partial charge is 0.191 e. The zero-order valence-corrected chi connectivity index (χ0v) is 18.0. The summed E-state index contributed by atoms with van der Waals surface area (Å²) in [5.41, 5.74) is 2.53. The molecule has 2 aliphatic heterocycles. The lowest BCUT2D eigenvalue weighted by molar-refractivity contribution is 0.463. The molecule has 2 aromatic rings. The second-order valence-electron chi connectivity index (χ2n) is 7.60. The Morgan fingerprint density at radius 1 is 1.10 bits per heavy atom. The van der Waals surface area contributed by atoms with E-state index in [2.05, 4.69) is 81.3 Å². The molecule has 0 bridgehead atoms.